The Morgan fingerprint density at radius 1 is 0.933 bits per heavy atom. The molecule has 0 N–H and O–H groups in total. The normalized spacial score (nSPS) is 11.5. The SMILES string of the molecule is CC(=O)CCCCCCC(=O)C(F)(F)F. The van der Waals surface area contributed by atoms with E-state index >= 15 is 0 Å². The molecule has 0 amide bonds. The summed E-state index contributed by atoms with van der Waals surface area (Å²) in [5.74, 6) is -1.57. The molecule has 0 radical (unpaired) electrons. The summed E-state index contributed by atoms with van der Waals surface area (Å²) in [7, 11) is 0. The van der Waals surface area contributed by atoms with Gasteiger partial charge in [0.05, 0.1) is 0 Å². The van der Waals surface area contributed by atoms with Gasteiger partial charge in [-0.1, -0.05) is 12.8 Å². The highest BCUT2D eigenvalue weighted by molar-refractivity contribution is 5.83. The van der Waals surface area contributed by atoms with Crippen LogP contribution in [-0.2, 0) is 9.59 Å². The van der Waals surface area contributed by atoms with Crippen LogP contribution in [0.5, 0.6) is 0 Å². The minimum atomic E-state index is -4.70. The van der Waals surface area contributed by atoms with Crippen LogP contribution in [0, 0.1) is 0 Å². The molecular formula is C10H15F3O2. The fourth-order valence-corrected chi connectivity index (χ4v) is 1.15. The van der Waals surface area contributed by atoms with Crippen LogP contribution in [0.1, 0.15) is 45.4 Å². The van der Waals surface area contributed by atoms with Crippen LogP contribution in [0.4, 0.5) is 13.2 Å². The van der Waals surface area contributed by atoms with Gasteiger partial charge < -0.3 is 4.79 Å². The molecule has 88 valence electrons. The Kier molecular flexibility index (Phi) is 6.20. The first-order valence-electron chi connectivity index (χ1n) is 4.93. The number of Topliss-reactive ketones (excluding diaryl/α,β-unsaturated/α-hetero) is 2. The second kappa shape index (κ2) is 6.58. The van der Waals surface area contributed by atoms with Crippen molar-refractivity contribution in [2.75, 3.05) is 0 Å². The van der Waals surface area contributed by atoms with Crippen molar-refractivity contribution in [2.24, 2.45) is 0 Å². The lowest BCUT2D eigenvalue weighted by molar-refractivity contribution is -0.171. The minimum absolute atomic E-state index is 0.0846. The van der Waals surface area contributed by atoms with Gasteiger partial charge in [0.25, 0.3) is 0 Å². The number of alkyl halides is 3. The van der Waals surface area contributed by atoms with Crippen LogP contribution in [0.15, 0.2) is 0 Å². The maximum Gasteiger partial charge on any atom is 0.449 e. The van der Waals surface area contributed by atoms with E-state index in [4.69, 9.17) is 0 Å². The Morgan fingerprint density at radius 2 is 1.40 bits per heavy atom. The predicted octanol–water partition coefficient (Wildman–Crippen LogP) is 3.05. The summed E-state index contributed by atoms with van der Waals surface area (Å²) in [4.78, 5) is 20.9. The first kappa shape index (κ1) is 14.1. The number of rotatable bonds is 7. The van der Waals surface area contributed by atoms with Gasteiger partial charge in [-0.25, -0.2) is 0 Å². The maximum atomic E-state index is 11.7. The lowest BCUT2D eigenvalue weighted by atomic mass is 10.1. The average Bonchev–Trinajstić information content (AvgIpc) is 2.08. The van der Waals surface area contributed by atoms with Gasteiger partial charge in [0.2, 0.25) is 5.78 Å². The molecule has 0 bridgehead atoms. The highest BCUT2D eigenvalue weighted by Crippen LogP contribution is 2.19. The monoisotopic (exact) mass is 224 g/mol. The van der Waals surface area contributed by atoms with Crippen molar-refractivity contribution in [3.8, 4) is 0 Å². The van der Waals surface area contributed by atoms with E-state index in [0.717, 1.165) is 0 Å². The zero-order valence-corrected chi connectivity index (χ0v) is 8.69. The number of unbranched alkanes of at least 4 members (excludes halogenated alkanes) is 3. The van der Waals surface area contributed by atoms with Crippen molar-refractivity contribution < 1.29 is 22.8 Å². The molecular weight excluding hydrogens is 209 g/mol. The summed E-state index contributed by atoms with van der Waals surface area (Å²) >= 11 is 0. The number of halogens is 3. The molecule has 0 aliphatic rings. The van der Waals surface area contributed by atoms with Crippen molar-refractivity contribution >= 4 is 11.6 Å². The van der Waals surface area contributed by atoms with Crippen LogP contribution in [-0.4, -0.2) is 17.7 Å². The third kappa shape index (κ3) is 8.15. The molecule has 0 saturated heterocycles. The highest BCUT2D eigenvalue weighted by atomic mass is 19.4. The first-order valence-corrected chi connectivity index (χ1v) is 4.93. The summed E-state index contributed by atoms with van der Waals surface area (Å²) in [6, 6.07) is 0. The summed E-state index contributed by atoms with van der Waals surface area (Å²) in [6.07, 6.45) is -2.47. The molecule has 0 heterocycles. The molecule has 0 aliphatic carbocycles. The van der Waals surface area contributed by atoms with Crippen LogP contribution >= 0.6 is 0 Å². The van der Waals surface area contributed by atoms with Gasteiger partial charge >= 0.3 is 6.18 Å². The quantitative estimate of drug-likeness (QED) is 0.623. The summed E-state index contributed by atoms with van der Waals surface area (Å²) in [5.41, 5.74) is 0. The third-order valence-electron chi connectivity index (χ3n) is 2.00. The summed E-state index contributed by atoms with van der Waals surface area (Å²) in [5, 5.41) is 0. The largest absolute Gasteiger partial charge is 0.449 e. The fraction of sp³-hybridized carbons (Fsp3) is 0.800. The second-order valence-electron chi connectivity index (χ2n) is 3.54. The molecule has 0 unspecified atom stereocenters. The smallest absolute Gasteiger partial charge is 0.300 e. The molecule has 2 nitrogen and oxygen atoms in total. The van der Waals surface area contributed by atoms with E-state index in [0.29, 0.717) is 25.7 Å². The standard InChI is InChI=1S/C10H15F3O2/c1-8(14)6-4-2-3-5-7-9(15)10(11,12)13/h2-7H2,1H3. The van der Waals surface area contributed by atoms with Gasteiger partial charge in [-0.15, -0.1) is 0 Å². The number of ketones is 2. The molecule has 0 rings (SSSR count). The maximum absolute atomic E-state index is 11.7. The second-order valence-corrected chi connectivity index (χ2v) is 3.54. The molecule has 0 spiro atoms. The molecule has 0 aliphatic heterocycles. The summed E-state index contributed by atoms with van der Waals surface area (Å²) in [6.45, 7) is 1.48. The first-order chi connectivity index (χ1) is 6.84. The van der Waals surface area contributed by atoms with E-state index in [2.05, 4.69) is 0 Å². The zero-order chi connectivity index (χ0) is 11.9. The molecule has 5 heteroatoms. The molecule has 0 aromatic heterocycles. The molecule has 0 aromatic rings. The van der Waals surface area contributed by atoms with Crippen molar-refractivity contribution in [3.63, 3.8) is 0 Å². The Bertz CT molecular complexity index is 221. The number of carbonyl (C=O) groups is 2. The summed E-state index contributed by atoms with van der Waals surface area (Å²) < 4.78 is 35.2. The topological polar surface area (TPSA) is 34.1 Å². The molecule has 0 saturated carbocycles. The van der Waals surface area contributed by atoms with E-state index in [1.807, 2.05) is 0 Å². The number of carbonyl (C=O) groups excluding carboxylic acids is 2. The van der Waals surface area contributed by atoms with Gasteiger partial charge in [0.1, 0.15) is 5.78 Å². The lowest BCUT2D eigenvalue weighted by Crippen LogP contribution is -2.22. The fourth-order valence-electron chi connectivity index (χ4n) is 1.15. The van der Waals surface area contributed by atoms with E-state index in [1.165, 1.54) is 6.92 Å². The van der Waals surface area contributed by atoms with Gasteiger partial charge in [0, 0.05) is 12.8 Å². The Labute approximate surface area is 86.8 Å². The third-order valence-corrected chi connectivity index (χ3v) is 2.00. The zero-order valence-electron chi connectivity index (χ0n) is 8.69. The van der Waals surface area contributed by atoms with Gasteiger partial charge in [-0.2, -0.15) is 13.2 Å². The molecule has 15 heavy (non-hydrogen) atoms. The van der Waals surface area contributed by atoms with Crippen molar-refractivity contribution in [3.05, 3.63) is 0 Å². The highest BCUT2D eigenvalue weighted by Gasteiger charge is 2.36. The van der Waals surface area contributed by atoms with E-state index < -0.39 is 18.4 Å². The molecule has 0 aromatic carbocycles. The minimum Gasteiger partial charge on any atom is -0.300 e. The Hall–Kier alpha value is -0.870. The Balaban J connectivity index is 3.40. The van der Waals surface area contributed by atoms with Gasteiger partial charge in [-0.05, 0) is 19.8 Å². The van der Waals surface area contributed by atoms with E-state index in [1.54, 1.807) is 0 Å². The number of hydrogen-bond acceptors (Lipinski definition) is 2. The van der Waals surface area contributed by atoms with E-state index in [-0.39, 0.29) is 12.2 Å². The predicted molar refractivity (Wildman–Crippen MR) is 49.4 cm³/mol. The van der Waals surface area contributed by atoms with Gasteiger partial charge in [-0.3, -0.25) is 4.79 Å². The molecule has 0 fully saturated rings. The van der Waals surface area contributed by atoms with Crippen LogP contribution in [0.2, 0.25) is 0 Å². The van der Waals surface area contributed by atoms with Crippen LogP contribution in [0.25, 0.3) is 0 Å². The van der Waals surface area contributed by atoms with Crippen molar-refractivity contribution in [1.82, 2.24) is 0 Å². The van der Waals surface area contributed by atoms with E-state index in [9.17, 15) is 22.8 Å². The molecule has 0 atom stereocenters. The Morgan fingerprint density at radius 3 is 1.80 bits per heavy atom. The lowest BCUT2D eigenvalue weighted by Gasteiger charge is -2.04. The van der Waals surface area contributed by atoms with Crippen LogP contribution in [0.3, 0.4) is 0 Å². The average molecular weight is 224 g/mol. The van der Waals surface area contributed by atoms with Gasteiger partial charge in [0.15, 0.2) is 0 Å². The van der Waals surface area contributed by atoms with Crippen molar-refractivity contribution in [1.29, 1.82) is 0 Å². The number of hydrogen-bond donors (Lipinski definition) is 0. The van der Waals surface area contributed by atoms with Crippen LogP contribution < -0.4 is 0 Å². The van der Waals surface area contributed by atoms with Crippen molar-refractivity contribution in [2.45, 2.75) is 51.6 Å².